The lowest BCUT2D eigenvalue weighted by molar-refractivity contribution is 0.306. The van der Waals surface area contributed by atoms with E-state index in [4.69, 9.17) is 10.5 Å². The van der Waals surface area contributed by atoms with Gasteiger partial charge in [0.05, 0.1) is 0 Å². The average Bonchev–Trinajstić information content (AvgIpc) is 2.92. The highest BCUT2D eigenvalue weighted by Gasteiger charge is 2.28. The third-order valence-electron chi connectivity index (χ3n) is 4.56. The van der Waals surface area contributed by atoms with Gasteiger partial charge in [-0.3, -0.25) is 0 Å². The molecule has 3 aromatic rings. The van der Waals surface area contributed by atoms with Crippen molar-refractivity contribution >= 4 is 0 Å². The molecule has 0 aliphatic heterocycles. The molecule has 2 N–H and O–H groups in total. The summed E-state index contributed by atoms with van der Waals surface area (Å²) in [5.74, 6) is 0.607. The van der Waals surface area contributed by atoms with Gasteiger partial charge in [-0.2, -0.15) is 0 Å². The molecule has 1 unspecified atom stereocenters. The Bertz CT molecular complexity index is 876. The molecule has 1 atom stereocenters. The standard InChI is InChI=1S/C21H18FNO/c22-15-6-8-17-18-9-7-16(24-13-14-4-2-1-3-5-14)11-20(18)21(12-23)19(17)10-15/h1-11,21H,12-13,23H2. The summed E-state index contributed by atoms with van der Waals surface area (Å²) in [7, 11) is 0. The van der Waals surface area contributed by atoms with Gasteiger partial charge in [0.2, 0.25) is 0 Å². The molecule has 2 nitrogen and oxygen atoms in total. The Kier molecular flexibility index (Phi) is 3.79. The highest BCUT2D eigenvalue weighted by molar-refractivity contribution is 5.79. The van der Waals surface area contributed by atoms with Crippen LogP contribution in [0, 0.1) is 5.82 Å². The number of nitrogens with two attached hydrogens (primary N) is 1. The van der Waals surface area contributed by atoms with Crippen molar-refractivity contribution in [2.24, 2.45) is 5.73 Å². The van der Waals surface area contributed by atoms with Gasteiger partial charge in [0, 0.05) is 12.5 Å². The Morgan fingerprint density at radius 1 is 0.875 bits per heavy atom. The molecule has 0 aromatic heterocycles. The summed E-state index contributed by atoms with van der Waals surface area (Å²) in [6.07, 6.45) is 0. The van der Waals surface area contributed by atoms with Crippen LogP contribution < -0.4 is 10.5 Å². The molecule has 0 heterocycles. The van der Waals surface area contributed by atoms with E-state index in [0.717, 1.165) is 33.6 Å². The molecule has 0 saturated heterocycles. The van der Waals surface area contributed by atoms with Gasteiger partial charge in [-0.15, -0.1) is 0 Å². The second-order valence-corrected chi connectivity index (χ2v) is 6.04. The maximum Gasteiger partial charge on any atom is 0.123 e. The van der Waals surface area contributed by atoms with Crippen molar-refractivity contribution in [2.45, 2.75) is 12.5 Å². The zero-order valence-corrected chi connectivity index (χ0v) is 13.2. The zero-order valence-electron chi connectivity index (χ0n) is 13.2. The largest absolute Gasteiger partial charge is 0.489 e. The molecule has 1 aliphatic carbocycles. The lowest BCUT2D eigenvalue weighted by Crippen LogP contribution is -2.11. The van der Waals surface area contributed by atoms with E-state index in [-0.39, 0.29) is 11.7 Å². The van der Waals surface area contributed by atoms with Crippen LogP contribution in [0.4, 0.5) is 4.39 Å². The predicted octanol–water partition coefficient (Wildman–Crippen LogP) is 4.48. The Balaban J connectivity index is 1.64. The Morgan fingerprint density at radius 2 is 1.58 bits per heavy atom. The van der Waals surface area contributed by atoms with Crippen molar-refractivity contribution in [1.29, 1.82) is 0 Å². The van der Waals surface area contributed by atoms with Crippen molar-refractivity contribution < 1.29 is 9.13 Å². The quantitative estimate of drug-likeness (QED) is 0.770. The minimum Gasteiger partial charge on any atom is -0.489 e. The molecule has 0 fully saturated rings. The summed E-state index contributed by atoms with van der Waals surface area (Å²) in [5, 5.41) is 0. The van der Waals surface area contributed by atoms with Crippen molar-refractivity contribution in [2.75, 3.05) is 6.54 Å². The minimum atomic E-state index is -0.222. The van der Waals surface area contributed by atoms with Crippen molar-refractivity contribution in [3.8, 4) is 16.9 Å². The number of benzene rings is 3. The third-order valence-corrected chi connectivity index (χ3v) is 4.56. The Morgan fingerprint density at radius 3 is 2.33 bits per heavy atom. The van der Waals surface area contributed by atoms with Crippen LogP contribution in [-0.2, 0) is 6.61 Å². The van der Waals surface area contributed by atoms with E-state index in [2.05, 4.69) is 0 Å². The van der Waals surface area contributed by atoms with E-state index in [1.165, 1.54) is 6.07 Å². The summed E-state index contributed by atoms with van der Waals surface area (Å²) >= 11 is 0. The average molecular weight is 319 g/mol. The first-order valence-electron chi connectivity index (χ1n) is 8.07. The third kappa shape index (κ3) is 2.57. The smallest absolute Gasteiger partial charge is 0.123 e. The second kappa shape index (κ2) is 6.10. The van der Waals surface area contributed by atoms with Crippen LogP contribution >= 0.6 is 0 Å². The van der Waals surface area contributed by atoms with Gasteiger partial charge in [0.1, 0.15) is 18.2 Å². The fraction of sp³-hybridized carbons (Fsp3) is 0.143. The van der Waals surface area contributed by atoms with Gasteiger partial charge < -0.3 is 10.5 Å². The van der Waals surface area contributed by atoms with Crippen molar-refractivity contribution in [1.82, 2.24) is 0 Å². The lowest BCUT2D eigenvalue weighted by Gasteiger charge is -2.12. The maximum atomic E-state index is 13.6. The number of hydrogen-bond donors (Lipinski definition) is 1. The maximum absolute atomic E-state index is 13.6. The molecule has 0 saturated carbocycles. The van der Waals surface area contributed by atoms with Crippen molar-refractivity contribution in [3.63, 3.8) is 0 Å². The molecule has 0 spiro atoms. The van der Waals surface area contributed by atoms with E-state index in [1.807, 2.05) is 54.6 Å². The summed E-state index contributed by atoms with van der Waals surface area (Å²) in [6, 6.07) is 21.0. The molecule has 0 amide bonds. The topological polar surface area (TPSA) is 35.2 Å². The van der Waals surface area contributed by atoms with E-state index in [1.54, 1.807) is 6.07 Å². The molecule has 0 radical (unpaired) electrons. The zero-order chi connectivity index (χ0) is 16.5. The number of hydrogen-bond acceptors (Lipinski definition) is 2. The fourth-order valence-electron chi connectivity index (χ4n) is 3.39. The van der Waals surface area contributed by atoms with E-state index >= 15 is 0 Å². The van der Waals surface area contributed by atoms with Gasteiger partial charge >= 0.3 is 0 Å². The summed E-state index contributed by atoms with van der Waals surface area (Å²) in [4.78, 5) is 0. The molecule has 3 aromatic carbocycles. The summed E-state index contributed by atoms with van der Waals surface area (Å²) in [6.45, 7) is 0.972. The second-order valence-electron chi connectivity index (χ2n) is 6.04. The minimum absolute atomic E-state index is 0.0194. The molecule has 120 valence electrons. The normalized spacial score (nSPS) is 15.0. The highest BCUT2D eigenvalue weighted by atomic mass is 19.1. The van der Waals surface area contributed by atoms with Crippen LogP contribution in [0.5, 0.6) is 5.75 Å². The Labute approximate surface area is 140 Å². The van der Waals surface area contributed by atoms with Crippen LogP contribution in [0.25, 0.3) is 11.1 Å². The van der Waals surface area contributed by atoms with Gasteiger partial charge in [0.25, 0.3) is 0 Å². The lowest BCUT2D eigenvalue weighted by atomic mass is 9.97. The van der Waals surface area contributed by atoms with Gasteiger partial charge in [-0.1, -0.05) is 42.5 Å². The van der Waals surface area contributed by atoms with Gasteiger partial charge in [-0.05, 0) is 52.1 Å². The molecule has 0 bridgehead atoms. The number of rotatable bonds is 4. The van der Waals surface area contributed by atoms with Crippen LogP contribution in [0.3, 0.4) is 0 Å². The van der Waals surface area contributed by atoms with E-state index in [9.17, 15) is 4.39 Å². The molecular weight excluding hydrogens is 301 g/mol. The SMILES string of the molecule is NCC1c2cc(F)ccc2-c2ccc(OCc3ccccc3)cc21. The summed E-state index contributed by atoms with van der Waals surface area (Å²) < 4.78 is 19.5. The number of halogens is 1. The Hall–Kier alpha value is -2.65. The van der Waals surface area contributed by atoms with Gasteiger partial charge in [0.15, 0.2) is 0 Å². The molecule has 4 rings (SSSR count). The predicted molar refractivity (Wildman–Crippen MR) is 93.5 cm³/mol. The molecule has 24 heavy (non-hydrogen) atoms. The van der Waals surface area contributed by atoms with Gasteiger partial charge in [-0.25, -0.2) is 4.39 Å². The molecular formula is C21H18FNO. The monoisotopic (exact) mass is 319 g/mol. The number of fused-ring (bicyclic) bond motifs is 3. The number of ether oxygens (including phenoxy) is 1. The van der Waals surface area contributed by atoms with E-state index < -0.39 is 0 Å². The first-order valence-corrected chi connectivity index (χ1v) is 8.07. The first kappa shape index (κ1) is 14.9. The van der Waals surface area contributed by atoms with E-state index in [0.29, 0.717) is 13.2 Å². The van der Waals surface area contributed by atoms with Crippen molar-refractivity contribution in [3.05, 3.63) is 89.2 Å². The molecule has 3 heteroatoms. The first-order chi connectivity index (χ1) is 11.8. The fourth-order valence-corrected chi connectivity index (χ4v) is 3.39. The highest BCUT2D eigenvalue weighted by Crippen LogP contribution is 2.45. The summed E-state index contributed by atoms with van der Waals surface area (Å²) in [5.41, 5.74) is 11.4. The molecule has 1 aliphatic rings. The van der Waals surface area contributed by atoms with Crippen LogP contribution in [0.2, 0.25) is 0 Å². The van der Waals surface area contributed by atoms with Crippen LogP contribution in [0.1, 0.15) is 22.6 Å². The van der Waals surface area contributed by atoms with Crippen LogP contribution in [0.15, 0.2) is 66.7 Å². The van der Waals surface area contributed by atoms with Crippen LogP contribution in [-0.4, -0.2) is 6.54 Å².